The fraction of sp³-hybridized carbons (Fsp3) is 0.0714. The highest BCUT2D eigenvalue weighted by molar-refractivity contribution is 9.10. The van der Waals surface area contributed by atoms with Crippen LogP contribution in [0, 0.1) is 0 Å². The van der Waals surface area contributed by atoms with Crippen LogP contribution in [0.4, 0.5) is 5.69 Å². The number of carbonyl (C=O) groups excluding carboxylic acids is 1. The zero-order chi connectivity index (χ0) is 14.7. The first-order chi connectivity index (χ1) is 9.51. The largest absolute Gasteiger partial charge is 0.496 e. The summed E-state index contributed by atoms with van der Waals surface area (Å²) < 4.78 is 6.65. The number of ether oxygens (including phenoxy) is 1. The van der Waals surface area contributed by atoms with Crippen molar-refractivity contribution >= 4 is 56.1 Å². The Kier molecular flexibility index (Phi) is 5.12. The number of nitrogens with one attached hydrogen (secondary N) is 1. The smallest absolute Gasteiger partial charge is 0.256 e. The van der Waals surface area contributed by atoms with Gasteiger partial charge in [-0.1, -0.05) is 0 Å². The lowest BCUT2D eigenvalue weighted by molar-refractivity contribution is 0.102. The SMILES string of the molecule is COc1ccc(NC(=O)c2cc(S)ccc2Br)cc1Br. The first-order valence-electron chi connectivity index (χ1n) is 5.64. The van der Waals surface area contributed by atoms with E-state index in [-0.39, 0.29) is 5.91 Å². The van der Waals surface area contributed by atoms with Gasteiger partial charge in [0.1, 0.15) is 5.75 Å². The topological polar surface area (TPSA) is 38.3 Å². The second-order valence-corrected chi connectivity index (χ2v) is 6.19. The van der Waals surface area contributed by atoms with Crippen LogP contribution in [-0.2, 0) is 0 Å². The molecule has 0 saturated heterocycles. The number of hydrogen-bond acceptors (Lipinski definition) is 3. The number of halogens is 2. The molecule has 0 fully saturated rings. The molecule has 2 aromatic carbocycles. The van der Waals surface area contributed by atoms with E-state index in [0.717, 1.165) is 13.8 Å². The summed E-state index contributed by atoms with van der Waals surface area (Å²) in [7, 11) is 1.59. The van der Waals surface area contributed by atoms with Crippen molar-refractivity contribution < 1.29 is 9.53 Å². The fourth-order valence-electron chi connectivity index (χ4n) is 1.63. The van der Waals surface area contributed by atoms with Crippen LogP contribution in [0.15, 0.2) is 50.2 Å². The molecule has 1 amide bonds. The van der Waals surface area contributed by atoms with Crippen molar-refractivity contribution in [1.29, 1.82) is 0 Å². The van der Waals surface area contributed by atoms with E-state index < -0.39 is 0 Å². The maximum absolute atomic E-state index is 12.2. The van der Waals surface area contributed by atoms with E-state index in [2.05, 4.69) is 49.8 Å². The van der Waals surface area contributed by atoms with Gasteiger partial charge in [0, 0.05) is 15.1 Å². The third kappa shape index (κ3) is 3.56. The Labute approximate surface area is 139 Å². The molecule has 3 nitrogen and oxygen atoms in total. The molecule has 2 rings (SSSR count). The van der Waals surface area contributed by atoms with E-state index in [1.807, 2.05) is 6.07 Å². The summed E-state index contributed by atoms with van der Waals surface area (Å²) in [5, 5.41) is 2.83. The molecule has 0 bridgehead atoms. The number of thiol groups is 1. The Morgan fingerprint density at radius 1 is 1.15 bits per heavy atom. The summed E-state index contributed by atoms with van der Waals surface area (Å²) >= 11 is 11.0. The first-order valence-corrected chi connectivity index (χ1v) is 7.68. The molecule has 20 heavy (non-hydrogen) atoms. The van der Waals surface area contributed by atoms with Gasteiger partial charge in [-0.25, -0.2) is 0 Å². The molecule has 6 heteroatoms. The Hall–Kier alpha value is -0.980. The van der Waals surface area contributed by atoms with Crippen molar-refractivity contribution in [3.63, 3.8) is 0 Å². The van der Waals surface area contributed by atoms with E-state index in [1.165, 1.54) is 0 Å². The highest BCUT2D eigenvalue weighted by atomic mass is 79.9. The Bertz CT molecular complexity index is 662. The van der Waals surface area contributed by atoms with Crippen molar-refractivity contribution in [3.8, 4) is 5.75 Å². The first kappa shape index (κ1) is 15.4. The Balaban J connectivity index is 2.23. The fourth-order valence-corrected chi connectivity index (χ4v) is 2.80. The van der Waals surface area contributed by atoms with Crippen LogP contribution in [-0.4, -0.2) is 13.0 Å². The highest BCUT2D eigenvalue weighted by Crippen LogP contribution is 2.28. The maximum atomic E-state index is 12.2. The van der Waals surface area contributed by atoms with Gasteiger partial charge in [0.2, 0.25) is 0 Å². The molecule has 0 aliphatic carbocycles. The maximum Gasteiger partial charge on any atom is 0.256 e. The molecule has 1 N–H and O–H groups in total. The molecule has 0 aromatic heterocycles. The molecular weight excluding hydrogens is 406 g/mol. The van der Waals surface area contributed by atoms with Gasteiger partial charge in [0.25, 0.3) is 5.91 Å². The van der Waals surface area contributed by atoms with Gasteiger partial charge in [-0.05, 0) is 68.3 Å². The number of amides is 1. The van der Waals surface area contributed by atoms with Crippen molar-refractivity contribution in [2.24, 2.45) is 0 Å². The molecule has 0 aliphatic rings. The molecule has 0 aliphatic heterocycles. The van der Waals surface area contributed by atoms with Gasteiger partial charge in [-0.2, -0.15) is 0 Å². The molecule has 0 heterocycles. The monoisotopic (exact) mass is 415 g/mol. The summed E-state index contributed by atoms with van der Waals surface area (Å²) in [5.41, 5.74) is 1.21. The van der Waals surface area contributed by atoms with Crippen LogP contribution in [0.5, 0.6) is 5.75 Å². The molecule has 0 unspecified atom stereocenters. The van der Waals surface area contributed by atoms with E-state index in [9.17, 15) is 4.79 Å². The quantitative estimate of drug-likeness (QED) is 0.707. The number of hydrogen-bond donors (Lipinski definition) is 2. The van der Waals surface area contributed by atoms with E-state index in [1.54, 1.807) is 37.4 Å². The molecule has 0 atom stereocenters. The molecule has 0 radical (unpaired) electrons. The van der Waals surface area contributed by atoms with Gasteiger partial charge in [0.15, 0.2) is 0 Å². The predicted molar refractivity (Wildman–Crippen MR) is 90.0 cm³/mol. The Morgan fingerprint density at radius 2 is 1.90 bits per heavy atom. The van der Waals surface area contributed by atoms with Crippen LogP contribution >= 0.6 is 44.5 Å². The highest BCUT2D eigenvalue weighted by Gasteiger charge is 2.11. The molecule has 104 valence electrons. The van der Waals surface area contributed by atoms with Crippen molar-refractivity contribution in [2.45, 2.75) is 4.90 Å². The van der Waals surface area contributed by atoms with Crippen LogP contribution in [0.25, 0.3) is 0 Å². The summed E-state index contributed by atoms with van der Waals surface area (Å²) in [4.78, 5) is 13.0. The predicted octanol–water partition coefficient (Wildman–Crippen LogP) is 4.76. The third-order valence-corrected chi connectivity index (χ3v) is 4.19. The van der Waals surface area contributed by atoms with Crippen molar-refractivity contribution in [2.75, 3.05) is 12.4 Å². The van der Waals surface area contributed by atoms with Gasteiger partial charge in [-0.15, -0.1) is 12.6 Å². The molecular formula is C14H11Br2NO2S. The second kappa shape index (κ2) is 6.65. The molecule has 0 spiro atoms. The molecule has 2 aromatic rings. The Morgan fingerprint density at radius 3 is 2.55 bits per heavy atom. The van der Waals surface area contributed by atoms with E-state index >= 15 is 0 Å². The number of methoxy groups -OCH3 is 1. The second-order valence-electron chi connectivity index (χ2n) is 3.97. The summed E-state index contributed by atoms with van der Waals surface area (Å²) in [5.74, 6) is 0.506. The minimum Gasteiger partial charge on any atom is -0.496 e. The number of anilines is 1. The number of rotatable bonds is 3. The lowest BCUT2D eigenvalue weighted by Crippen LogP contribution is -2.12. The van der Waals surface area contributed by atoms with E-state index in [4.69, 9.17) is 4.74 Å². The number of carbonyl (C=O) groups is 1. The lowest BCUT2D eigenvalue weighted by Gasteiger charge is -2.09. The number of benzene rings is 2. The van der Waals surface area contributed by atoms with Crippen molar-refractivity contribution in [1.82, 2.24) is 0 Å². The van der Waals surface area contributed by atoms with Crippen LogP contribution < -0.4 is 10.1 Å². The van der Waals surface area contributed by atoms with E-state index in [0.29, 0.717) is 17.0 Å². The average molecular weight is 417 g/mol. The van der Waals surface area contributed by atoms with Gasteiger partial charge in [-0.3, -0.25) is 4.79 Å². The average Bonchev–Trinajstić information content (AvgIpc) is 2.41. The summed E-state index contributed by atoms with van der Waals surface area (Å²) in [6, 6.07) is 10.7. The zero-order valence-electron chi connectivity index (χ0n) is 10.5. The van der Waals surface area contributed by atoms with Crippen LogP contribution in [0.1, 0.15) is 10.4 Å². The van der Waals surface area contributed by atoms with Gasteiger partial charge in [0.05, 0.1) is 17.1 Å². The van der Waals surface area contributed by atoms with Gasteiger partial charge >= 0.3 is 0 Å². The molecule has 0 saturated carbocycles. The van der Waals surface area contributed by atoms with Crippen molar-refractivity contribution in [3.05, 3.63) is 50.9 Å². The standard InChI is InChI=1S/C14H11Br2NO2S/c1-19-13-5-2-8(6-12(13)16)17-14(18)10-7-9(20)3-4-11(10)15/h2-7,20H,1H3,(H,17,18). The normalized spacial score (nSPS) is 10.2. The van der Waals surface area contributed by atoms with Crippen LogP contribution in [0.3, 0.4) is 0 Å². The van der Waals surface area contributed by atoms with Crippen LogP contribution in [0.2, 0.25) is 0 Å². The summed E-state index contributed by atoms with van der Waals surface area (Å²) in [6.45, 7) is 0. The lowest BCUT2D eigenvalue weighted by atomic mass is 10.2. The summed E-state index contributed by atoms with van der Waals surface area (Å²) in [6.07, 6.45) is 0. The van der Waals surface area contributed by atoms with Gasteiger partial charge < -0.3 is 10.1 Å². The zero-order valence-corrected chi connectivity index (χ0v) is 14.6. The minimum absolute atomic E-state index is 0.204. The third-order valence-electron chi connectivity index (χ3n) is 2.60. The minimum atomic E-state index is -0.204.